The summed E-state index contributed by atoms with van der Waals surface area (Å²) in [7, 11) is -4.06. The standard InChI is InChI=1S/C11H22F2O3S.Na/c12-11(13)9-7-5-3-1-2-4-6-8-10-17(14,15)16;/h11H,1-10H2,(H,14,15,16);/q;+1/p-1. The maximum atomic E-state index is 11.8. The second-order valence-corrected chi connectivity index (χ2v) is 5.79. The van der Waals surface area contributed by atoms with E-state index in [2.05, 4.69) is 0 Å². The van der Waals surface area contributed by atoms with Gasteiger partial charge in [0.25, 0.3) is 0 Å². The molecule has 7 heteroatoms. The minimum Gasteiger partial charge on any atom is -0.748 e. The van der Waals surface area contributed by atoms with Gasteiger partial charge in [-0.25, -0.2) is 17.2 Å². The minimum atomic E-state index is -4.06. The summed E-state index contributed by atoms with van der Waals surface area (Å²) in [4.78, 5) is 0. The van der Waals surface area contributed by atoms with Crippen molar-refractivity contribution in [2.45, 2.75) is 64.2 Å². The molecule has 0 bridgehead atoms. The molecule has 0 N–H and O–H groups in total. The van der Waals surface area contributed by atoms with Crippen LogP contribution in [-0.2, 0) is 10.1 Å². The molecule has 104 valence electrons. The van der Waals surface area contributed by atoms with Crippen LogP contribution in [-0.4, -0.2) is 25.1 Å². The third-order valence-corrected chi connectivity index (χ3v) is 3.36. The Morgan fingerprint density at radius 1 is 0.833 bits per heavy atom. The molecule has 0 saturated heterocycles. The molecular weight excluding hydrogens is 273 g/mol. The molecule has 0 aliphatic rings. The summed E-state index contributed by atoms with van der Waals surface area (Å²) >= 11 is 0. The van der Waals surface area contributed by atoms with Crippen molar-refractivity contribution in [2.75, 3.05) is 5.75 Å². The van der Waals surface area contributed by atoms with Gasteiger partial charge >= 0.3 is 29.6 Å². The first-order valence-electron chi connectivity index (χ1n) is 6.13. The van der Waals surface area contributed by atoms with Crippen molar-refractivity contribution in [1.82, 2.24) is 0 Å². The van der Waals surface area contributed by atoms with Crippen molar-refractivity contribution < 1.29 is 51.3 Å². The number of halogens is 2. The van der Waals surface area contributed by atoms with Crippen LogP contribution in [0.4, 0.5) is 8.78 Å². The van der Waals surface area contributed by atoms with E-state index in [1.165, 1.54) is 0 Å². The first-order valence-corrected chi connectivity index (χ1v) is 7.71. The van der Waals surface area contributed by atoms with E-state index < -0.39 is 16.5 Å². The normalized spacial score (nSPS) is 11.6. The van der Waals surface area contributed by atoms with Gasteiger partial charge in [0.15, 0.2) is 0 Å². The van der Waals surface area contributed by atoms with Crippen molar-refractivity contribution >= 4 is 10.1 Å². The zero-order valence-electron chi connectivity index (χ0n) is 11.0. The molecule has 0 rings (SSSR count). The molecule has 0 amide bonds. The average Bonchev–Trinajstić information content (AvgIpc) is 2.18. The summed E-state index contributed by atoms with van der Waals surface area (Å²) in [5, 5.41) is 0. The average molecular weight is 294 g/mol. The fraction of sp³-hybridized carbons (Fsp3) is 1.00. The fourth-order valence-corrected chi connectivity index (χ4v) is 2.20. The van der Waals surface area contributed by atoms with E-state index in [9.17, 15) is 21.8 Å². The van der Waals surface area contributed by atoms with Gasteiger partial charge in [-0.1, -0.05) is 38.5 Å². The molecule has 0 fully saturated rings. The molecule has 0 aromatic rings. The summed E-state index contributed by atoms with van der Waals surface area (Å²) in [6.45, 7) is 0. The predicted molar refractivity (Wildman–Crippen MR) is 62.1 cm³/mol. The van der Waals surface area contributed by atoms with Crippen LogP contribution in [0.3, 0.4) is 0 Å². The molecule has 0 aliphatic heterocycles. The quantitative estimate of drug-likeness (QED) is 0.313. The summed E-state index contributed by atoms with van der Waals surface area (Å²) in [5.41, 5.74) is 0. The fourth-order valence-electron chi connectivity index (χ4n) is 1.64. The number of rotatable bonds is 11. The van der Waals surface area contributed by atoms with Crippen LogP contribution in [0.25, 0.3) is 0 Å². The number of alkyl halides is 2. The molecule has 3 nitrogen and oxygen atoms in total. The summed E-state index contributed by atoms with van der Waals surface area (Å²) < 4.78 is 54.4. The van der Waals surface area contributed by atoms with Gasteiger partial charge in [0.1, 0.15) is 0 Å². The third kappa shape index (κ3) is 19.1. The molecule has 0 spiro atoms. The Morgan fingerprint density at radius 2 is 1.22 bits per heavy atom. The van der Waals surface area contributed by atoms with Crippen LogP contribution < -0.4 is 29.6 Å². The number of hydrogen-bond donors (Lipinski definition) is 0. The van der Waals surface area contributed by atoms with Crippen LogP contribution >= 0.6 is 0 Å². The summed E-state index contributed by atoms with van der Waals surface area (Å²) in [6.07, 6.45) is 4.21. The molecule has 0 radical (unpaired) electrons. The molecule has 18 heavy (non-hydrogen) atoms. The molecule has 0 saturated carbocycles. The zero-order chi connectivity index (χ0) is 13.1. The maximum absolute atomic E-state index is 11.8. The van der Waals surface area contributed by atoms with E-state index in [4.69, 9.17) is 0 Å². The van der Waals surface area contributed by atoms with Crippen LogP contribution in [0, 0.1) is 0 Å². The van der Waals surface area contributed by atoms with Crippen LogP contribution in [0.5, 0.6) is 0 Å². The van der Waals surface area contributed by atoms with Crippen molar-refractivity contribution in [2.24, 2.45) is 0 Å². The topological polar surface area (TPSA) is 57.2 Å². The molecule has 0 atom stereocenters. The van der Waals surface area contributed by atoms with Gasteiger partial charge in [0.05, 0.1) is 10.1 Å². The van der Waals surface area contributed by atoms with E-state index in [0.29, 0.717) is 12.8 Å². The zero-order valence-corrected chi connectivity index (χ0v) is 13.9. The Morgan fingerprint density at radius 3 is 1.61 bits per heavy atom. The minimum absolute atomic E-state index is 0. The van der Waals surface area contributed by atoms with Crippen molar-refractivity contribution in [3.05, 3.63) is 0 Å². The molecular formula is C11H21F2NaO3S. The van der Waals surface area contributed by atoms with Crippen LogP contribution in [0.15, 0.2) is 0 Å². The largest absolute Gasteiger partial charge is 1.00 e. The smallest absolute Gasteiger partial charge is 0.748 e. The van der Waals surface area contributed by atoms with Gasteiger partial charge in [-0.3, -0.25) is 0 Å². The first-order chi connectivity index (χ1) is 7.92. The molecule has 0 unspecified atom stereocenters. The Kier molecular flexibility index (Phi) is 15.0. The Balaban J connectivity index is 0. The Bertz CT molecular complexity index is 271. The Labute approximate surface area is 131 Å². The molecule has 0 aliphatic carbocycles. The van der Waals surface area contributed by atoms with E-state index in [-0.39, 0.29) is 41.7 Å². The van der Waals surface area contributed by atoms with E-state index >= 15 is 0 Å². The van der Waals surface area contributed by atoms with Crippen molar-refractivity contribution in [3.8, 4) is 0 Å². The maximum Gasteiger partial charge on any atom is 1.00 e. The SMILES string of the molecule is O=S(=O)([O-])CCCCCCCCCCC(F)F.[Na+]. The van der Waals surface area contributed by atoms with E-state index in [1.54, 1.807) is 0 Å². The van der Waals surface area contributed by atoms with Gasteiger partial charge in [-0.15, -0.1) is 0 Å². The van der Waals surface area contributed by atoms with Crippen LogP contribution in [0.2, 0.25) is 0 Å². The second kappa shape index (κ2) is 12.8. The van der Waals surface area contributed by atoms with Crippen molar-refractivity contribution in [3.63, 3.8) is 0 Å². The predicted octanol–water partition coefficient (Wildman–Crippen LogP) is 0.312. The van der Waals surface area contributed by atoms with Gasteiger partial charge in [0.2, 0.25) is 6.43 Å². The molecule has 0 aromatic carbocycles. The van der Waals surface area contributed by atoms with Gasteiger partial charge in [0, 0.05) is 12.2 Å². The van der Waals surface area contributed by atoms with Gasteiger partial charge in [-0.05, 0) is 12.8 Å². The van der Waals surface area contributed by atoms with Gasteiger partial charge in [-0.2, -0.15) is 0 Å². The summed E-state index contributed by atoms with van der Waals surface area (Å²) in [6, 6.07) is 0. The Hall–Kier alpha value is 0.770. The van der Waals surface area contributed by atoms with Crippen molar-refractivity contribution in [1.29, 1.82) is 0 Å². The number of hydrogen-bond acceptors (Lipinski definition) is 3. The van der Waals surface area contributed by atoms with Crippen LogP contribution in [0.1, 0.15) is 57.8 Å². The van der Waals surface area contributed by atoms with Gasteiger partial charge < -0.3 is 4.55 Å². The monoisotopic (exact) mass is 294 g/mol. The van der Waals surface area contributed by atoms with E-state index in [1.807, 2.05) is 0 Å². The molecule has 0 heterocycles. The third-order valence-electron chi connectivity index (χ3n) is 2.57. The second-order valence-electron chi connectivity index (χ2n) is 4.27. The number of unbranched alkanes of at least 4 members (excludes halogenated alkanes) is 7. The first kappa shape index (κ1) is 21.1. The van der Waals surface area contributed by atoms with E-state index in [0.717, 1.165) is 38.5 Å². The molecule has 0 aromatic heterocycles. The summed E-state index contributed by atoms with van der Waals surface area (Å²) in [5.74, 6) is -0.276.